The number of hydrogen-bond acceptors (Lipinski definition) is 4. The number of hydrogen-bond donors (Lipinski definition) is 0. The van der Waals surface area contributed by atoms with E-state index in [0.717, 1.165) is 19.3 Å². The van der Waals surface area contributed by atoms with Gasteiger partial charge >= 0.3 is 6.11 Å². The van der Waals surface area contributed by atoms with Crippen molar-refractivity contribution in [2.75, 3.05) is 19.8 Å². The summed E-state index contributed by atoms with van der Waals surface area (Å²) in [7, 11) is 0. The molecule has 4 nitrogen and oxygen atoms in total. The zero-order valence-corrected chi connectivity index (χ0v) is 17.1. The van der Waals surface area contributed by atoms with Crippen LogP contribution in [0.2, 0.25) is 0 Å². The lowest BCUT2D eigenvalue weighted by Gasteiger charge is -2.36. The lowest BCUT2D eigenvalue weighted by Crippen LogP contribution is -2.38. The first-order chi connectivity index (χ1) is 15.7. The highest BCUT2D eigenvalue weighted by molar-refractivity contribution is 5.32. The molecule has 0 amide bonds. The smallest absolute Gasteiger partial charge is 0.429 e. The van der Waals surface area contributed by atoms with Crippen LogP contribution in [0.15, 0.2) is 24.3 Å². The zero-order chi connectivity index (χ0) is 23.8. The highest BCUT2D eigenvalue weighted by Crippen LogP contribution is 2.38. The lowest BCUT2D eigenvalue weighted by molar-refractivity contribution is -0.226. The Labute approximate surface area is 184 Å². The van der Waals surface area contributed by atoms with E-state index in [1.54, 1.807) is 0 Å². The summed E-state index contributed by atoms with van der Waals surface area (Å²) in [6, 6.07) is 1.46. The maximum Gasteiger partial charge on any atom is 0.432 e. The van der Waals surface area contributed by atoms with Crippen molar-refractivity contribution in [2.24, 2.45) is 5.92 Å². The molecule has 0 aliphatic carbocycles. The summed E-state index contributed by atoms with van der Waals surface area (Å²) >= 11 is 0. The van der Waals surface area contributed by atoms with Crippen molar-refractivity contribution in [3.63, 3.8) is 0 Å². The van der Waals surface area contributed by atoms with E-state index in [-0.39, 0.29) is 42.9 Å². The summed E-state index contributed by atoms with van der Waals surface area (Å²) in [5.41, 5.74) is -1.97. The normalized spacial score (nSPS) is 24.0. The van der Waals surface area contributed by atoms with E-state index in [9.17, 15) is 30.7 Å². The fourth-order valence-corrected chi connectivity index (χ4v) is 3.86. The van der Waals surface area contributed by atoms with E-state index in [1.165, 1.54) is 0 Å². The minimum absolute atomic E-state index is 0.0486. The number of halogens is 7. The average Bonchev–Trinajstić information content (AvgIpc) is 2.77. The van der Waals surface area contributed by atoms with Gasteiger partial charge in [0.1, 0.15) is 22.9 Å². The molecular weight excluding hydrogens is 461 g/mol. The van der Waals surface area contributed by atoms with Crippen LogP contribution in [0.25, 0.3) is 0 Å². The third kappa shape index (κ3) is 5.10. The van der Waals surface area contributed by atoms with Crippen LogP contribution in [-0.4, -0.2) is 25.9 Å². The van der Waals surface area contributed by atoms with E-state index in [4.69, 9.17) is 14.2 Å². The first kappa shape index (κ1) is 23.8. The molecule has 0 N–H and O–H groups in total. The molecule has 2 fully saturated rings. The largest absolute Gasteiger partial charge is 0.432 e. The first-order valence-electron chi connectivity index (χ1n) is 10.2. The monoisotopic (exact) mass is 480 g/mol. The maximum atomic E-state index is 14.5. The van der Waals surface area contributed by atoms with Gasteiger partial charge in [0.25, 0.3) is 0 Å². The van der Waals surface area contributed by atoms with Gasteiger partial charge in [0.15, 0.2) is 23.7 Å². The molecule has 11 heteroatoms. The van der Waals surface area contributed by atoms with Crippen LogP contribution in [-0.2, 0) is 20.3 Å². The molecule has 1 unspecified atom stereocenters. The highest BCUT2D eigenvalue weighted by Gasteiger charge is 2.42. The minimum Gasteiger partial charge on any atom is -0.429 e. The van der Waals surface area contributed by atoms with Gasteiger partial charge in [-0.25, -0.2) is 22.0 Å². The fraction of sp³-hybridized carbons (Fsp3) is 0.455. The predicted molar refractivity (Wildman–Crippen MR) is 98.9 cm³/mol. The molecule has 0 aromatic heterocycles. The van der Waals surface area contributed by atoms with E-state index < -0.39 is 52.8 Å². The van der Waals surface area contributed by atoms with E-state index in [0.29, 0.717) is 18.7 Å². The van der Waals surface area contributed by atoms with Crippen molar-refractivity contribution in [1.29, 1.82) is 0 Å². The molecule has 2 aromatic rings. The standard InChI is InChI=1S/C22H19F7O4/c23-14-5-11(21-31-9-12(10-32-21)18-3-1-2-4-30-18)6-15(24)19(14)22(28,29)33-13-7-16(25)20(27)17(26)8-13/h5-8,12,18,21H,1-4,9-10H2. The second-order valence-corrected chi connectivity index (χ2v) is 7.84. The quantitative estimate of drug-likeness (QED) is 0.404. The van der Waals surface area contributed by atoms with Gasteiger partial charge in [-0.1, -0.05) is 0 Å². The van der Waals surface area contributed by atoms with Crippen molar-refractivity contribution in [3.8, 4) is 5.75 Å². The topological polar surface area (TPSA) is 36.9 Å². The molecule has 2 aromatic carbocycles. The molecule has 0 radical (unpaired) electrons. The second-order valence-electron chi connectivity index (χ2n) is 7.84. The number of benzene rings is 2. The van der Waals surface area contributed by atoms with Gasteiger partial charge in [0, 0.05) is 30.2 Å². The summed E-state index contributed by atoms with van der Waals surface area (Å²) in [5, 5.41) is 0. The van der Waals surface area contributed by atoms with Gasteiger partial charge in [0.2, 0.25) is 0 Å². The third-order valence-electron chi connectivity index (χ3n) is 5.50. The van der Waals surface area contributed by atoms with Gasteiger partial charge in [-0.2, -0.15) is 8.78 Å². The molecule has 2 aliphatic heterocycles. The van der Waals surface area contributed by atoms with Crippen molar-refractivity contribution >= 4 is 0 Å². The summed E-state index contributed by atoms with van der Waals surface area (Å²) in [4.78, 5) is 0. The maximum absolute atomic E-state index is 14.5. The molecule has 180 valence electrons. The summed E-state index contributed by atoms with van der Waals surface area (Å²) < 4.78 is 118. The molecule has 2 heterocycles. The number of ether oxygens (including phenoxy) is 4. The zero-order valence-electron chi connectivity index (χ0n) is 17.1. The molecule has 2 saturated heterocycles. The molecule has 1 atom stereocenters. The van der Waals surface area contributed by atoms with Crippen molar-refractivity contribution in [2.45, 2.75) is 37.8 Å². The Morgan fingerprint density at radius 1 is 0.788 bits per heavy atom. The van der Waals surface area contributed by atoms with Crippen molar-refractivity contribution in [1.82, 2.24) is 0 Å². The lowest BCUT2D eigenvalue weighted by atomic mass is 9.96. The van der Waals surface area contributed by atoms with Crippen LogP contribution in [0.4, 0.5) is 30.7 Å². The molecule has 2 aliphatic rings. The molecule has 0 bridgehead atoms. The first-order valence-corrected chi connectivity index (χ1v) is 10.2. The Morgan fingerprint density at radius 3 is 1.94 bits per heavy atom. The summed E-state index contributed by atoms with van der Waals surface area (Å²) in [5.74, 6) is -10.1. The summed E-state index contributed by atoms with van der Waals surface area (Å²) in [6.07, 6.45) is -3.07. The SMILES string of the molecule is Fc1cc(OC(F)(F)c2c(F)cc(C3OCC(C4CCCCO4)CO3)cc2F)cc(F)c1F. The van der Waals surface area contributed by atoms with Crippen LogP contribution in [0.3, 0.4) is 0 Å². The van der Waals surface area contributed by atoms with E-state index in [2.05, 4.69) is 4.74 Å². The second kappa shape index (κ2) is 9.47. The van der Waals surface area contributed by atoms with Gasteiger partial charge < -0.3 is 18.9 Å². The van der Waals surface area contributed by atoms with Gasteiger partial charge in [0.05, 0.1) is 19.3 Å². The van der Waals surface area contributed by atoms with Gasteiger partial charge in [-0.15, -0.1) is 0 Å². The Hall–Kier alpha value is -2.37. The number of rotatable bonds is 5. The molecule has 33 heavy (non-hydrogen) atoms. The van der Waals surface area contributed by atoms with E-state index in [1.807, 2.05) is 0 Å². The van der Waals surface area contributed by atoms with Gasteiger partial charge in [-0.3, -0.25) is 0 Å². The summed E-state index contributed by atoms with van der Waals surface area (Å²) in [6.45, 7) is 1.03. The Bertz CT molecular complexity index is 956. The Morgan fingerprint density at radius 2 is 1.39 bits per heavy atom. The Kier molecular flexibility index (Phi) is 6.83. The van der Waals surface area contributed by atoms with Crippen molar-refractivity contribution in [3.05, 3.63) is 64.5 Å². The Balaban J connectivity index is 1.49. The van der Waals surface area contributed by atoms with Crippen LogP contribution in [0.1, 0.15) is 36.7 Å². The minimum atomic E-state index is -4.67. The highest BCUT2D eigenvalue weighted by atomic mass is 19.3. The van der Waals surface area contributed by atoms with Crippen molar-refractivity contribution < 1.29 is 49.7 Å². The molecule has 4 rings (SSSR count). The van der Waals surface area contributed by atoms with Crippen LogP contribution in [0, 0.1) is 35.0 Å². The fourth-order valence-electron chi connectivity index (χ4n) is 3.86. The molecular formula is C22H19F7O4. The van der Waals surface area contributed by atoms with Crippen LogP contribution in [0.5, 0.6) is 5.75 Å². The molecule has 0 saturated carbocycles. The third-order valence-corrected chi connectivity index (χ3v) is 5.50. The number of alkyl halides is 2. The average molecular weight is 480 g/mol. The van der Waals surface area contributed by atoms with Crippen LogP contribution >= 0.6 is 0 Å². The molecule has 0 spiro atoms. The van der Waals surface area contributed by atoms with Gasteiger partial charge in [-0.05, 0) is 31.4 Å². The predicted octanol–water partition coefficient (Wildman–Crippen LogP) is 5.74. The van der Waals surface area contributed by atoms with Crippen LogP contribution < -0.4 is 4.74 Å². The van der Waals surface area contributed by atoms with E-state index >= 15 is 0 Å².